The maximum absolute atomic E-state index is 12.0. The van der Waals surface area contributed by atoms with Crippen LogP contribution in [0.5, 0.6) is 0 Å². The van der Waals surface area contributed by atoms with Crippen molar-refractivity contribution in [3.63, 3.8) is 0 Å². The average Bonchev–Trinajstić information content (AvgIpc) is 2.44. The van der Waals surface area contributed by atoms with Gasteiger partial charge in [0.25, 0.3) is 5.56 Å². The molecule has 16 heavy (non-hydrogen) atoms. The van der Waals surface area contributed by atoms with Gasteiger partial charge in [0.2, 0.25) is 0 Å². The van der Waals surface area contributed by atoms with Gasteiger partial charge in [-0.1, -0.05) is 20.3 Å². The van der Waals surface area contributed by atoms with Crippen LogP contribution in [0.15, 0.2) is 4.79 Å². The molecule has 1 aromatic heterocycles. The van der Waals surface area contributed by atoms with Gasteiger partial charge in [-0.3, -0.25) is 9.48 Å². The summed E-state index contributed by atoms with van der Waals surface area (Å²) in [4.78, 5) is 12.0. The fraction of sp³-hybridized carbons (Fsp3) is 0.750. The van der Waals surface area contributed by atoms with Crippen LogP contribution < -0.4 is 11.3 Å². The lowest BCUT2D eigenvalue weighted by Crippen LogP contribution is -2.26. The first-order valence-electron chi connectivity index (χ1n) is 6.14. The number of hydrogen-bond donors (Lipinski definition) is 1. The largest absolute Gasteiger partial charge is 0.393 e. The van der Waals surface area contributed by atoms with Crippen LogP contribution in [0.1, 0.15) is 52.3 Å². The summed E-state index contributed by atoms with van der Waals surface area (Å²) in [7, 11) is 0. The lowest BCUT2D eigenvalue weighted by molar-refractivity contribution is 0.386. The average molecular weight is 225 g/mol. The van der Waals surface area contributed by atoms with Gasteiger partial charge in [-0.15, -0.1) is 0 Å². The number of nitrogens with zero attached hydrogens (tertiary/aromatic N) is 2. The van der Waals surface area contributed by atoms with E-state index in [4.69, 9.17) is 5.73 Å². The van der Waals surface area contributed by atoms with Gasteiger partial charge in [-0.2, -0.15) is 0 Å². The molecule has 4 heteroatoms. The molecule has 0 bridgehead atoms. The van der Waals surface area contributed by atoms with Crippen molar-refractivity contribution in [2.45, 2.75) is 59.5 Å². The highest BCUT2D eigenvalue weighted by Crippen LogP contribution is 2.15. The van der Waals surface area contributed by atoms with E-state index in [2.05, 4.69) is 18.5 Å². The molecule has 0 saturated heterocycles. The molecule has 0 unspecified atom stereocenters. The second-order valence-electron chi connectivity index (χ2n) is 4.48. The van der Waals surface area contributed by atoms with Gasteiger partial charge in [0.05, 0.1) is 5.69 Å². The summed E-state index contributed by atoms with van der Waals surface area (Å²) in [5, 5.41) is 0. The molecule has 1 heterocycles. The molecule has 0 saturated carbocycles. The third-order valence-corrected chi connectivity index (χ3v) is 2.73. The molecular weight excluding hydrogens is 202 g/mol. The zero-order valence-electron chi connectivity index (χ0n) is 10.8. The van der Waals surface area contributed by atoms with Crippen molar-refractivity contribution in [1.82, 2.24) is 9.36 Å². The molecule has 0 radical (unpaired) electrons. The van der Waals surface area contributed by atoms with E-state index in [0.29, 0.717) is 5.69 Å². The minimum Gasteiger partial charge on any atom is -0.393 e. The van der Waals surface area contributed by atoms with Gasteiger partial charge in [-0.25, -0.2) is 4.68 Å². The number of hydrogen-bond acceptors (Lipinski definition) is 2. The molecule has 0 aliphatic carbocycles. The van der Waals surface area contributed by atoms with Gasteiger partial charge in [0, 0.05) is 12.6 Å². The number of aromatic nitrogens is 2. The Morgan fingerprint density at radius 1 is 1.25 bits per heavy atom. The molecule has 0 fully saturated rings. The molecule has 0 aromatic carbocycles. The summed E-state index contributed by atoms with van der Waals surface area (Å²) >= 11 is 0. The summed E-state index contributed by atoms with van der Waals surface area (Å²) in [6, 6.07) is 0.159. The van der Waals surface area contributed by atoms with Gasteiger partial charge in [-0.05, 0) is 26.7 Å². The number of rotatable bonds is 5. The zero-order chi connectivity index (χ0) is 12.3. The van der Waals surface area contributed by atoms with Crippen molar-refractivity contribution in [1.29, 1.82) is 0 Å². The summed E-state index contributed by atoms with van der Waals surface area (Å²) in [6.07, 6.45) is 2.90. The molecule has 1 rings (SSSR count). The van der Waals surface area contributed by atoms with E-state index in [1.165, 1.54) is 0 Å². The second kappa shape index (κ2) is 5.23. The maximum Gasteiger partial charge on any atom is 0.290 e. The van der Waals surface area contributed by atoms with E-state index in [1.807, 2.05) is 13.8 Å². The molecule has 2 N–H and O–H groups in total. The van der Waals surface area contributed by atoms with Crippen molar-refractivity contribution in [3.05, 3.63) is 16.0 Å². The Balaban J connectivity index is 3.36. The first kappa shape index (κ1) is 12.9. The predicted molar refractivity (Wildman–Crippen MR) is 67.8 cm³/mol. The van der Waals surface area contributed by atoms with Crippen molar-refractivity contribution in [2.24, 2.45) is 0 Å². The summed E-state index contributed by atoms with van der Waals surface area (Å²) < 4.78 is 3.84. The Morgan fingerprint density at radius 3 is 2.31 bits per heavy atom. The first-order valence-corrected chi connectivity index (χ1v) is 6.14. The van der Waals surface area contributed by atoms with Gasteiger partial charge in [0.1, 0.15) is 5.69 Å². The predicted octanol–water partition coefficient (Wildman–Crippen LogP) is 2.18. The van der Waals surface area contributed by atoms with Crippen molar-refractivity contribution >= 4 is 5.69 Å². The molecule has 0 amide bonds. The van der Waals surface area contributed by atoms with Crippen molar-refractivity contribution in [2.75, 3.05) is 5.73 Å². The Morgan fingerprint density at radius 2 is 1.88 bits per heavy atom. The quantitative estimate of drug-likeness (QED) is 0.835. The molecule has 0 aliphatic heterocycles. The summed E-state index contributed by atoms with van der Waals surface area (Å²) in [5.74, 6) is 0. The van der Waals surface area contributed by atoms with Crippen LogP contribution in [0.4, 0.5) is 5.69 Å². The van der Waals surface area contributed by atoms with Gasteiger partial charge >= 0.3 is 0 Å². The van der Waals surface area contributed by atoms with E-state index in [-0.39, 0.29) is 11.6 Å². The van der Waals surface area contributed by atoms with Crippen LogP contribution in [-0.2, 0) is 13.0 Å². The Kier molecular flexibility index (Phi) is 4.21. The number of nitrogen functional groups attached to an aromatic ring is 1. The standard InChI is InChI=1S/C12H23N3O/c1-5-7-10-11(13)12(16)15(9(3)4)14(10)8-6-2/h9H,5-8,13H2,1-4H3. The number of nitrogens with two attached hydrogens (primary N) is 1. The van der Waals surface area contributed by atoms with Crippen LogP contribution in [0.25, 0.3) is 0 Å². The van der Waals surface area contributed by atoms with Crippen LogP contribution in [-0.4, -0.2) is 9.36 Å². The smallest absolute Gasteiger partial charge is 0.290 e. The zero-order valence-corrected chi connectivity index (χ0v) is 10.8. The molecular formula is C12H23N3O. The highest BCUT2D eigenvalue weighted by Gasteiger charge is 2.17. The Bertz CT molecular complexity index is 401. The Labute approximate surface area is 97.0 Å². The fourth-order valence-electron chi connectivity index (χ4n) is 2.09. The van der Waals surface area contributed by atoms with Crippen molar-refractivity contribution in [3.8, 4) is 0 Å². The Hall–Kier alpha value is -1.19. The molecule has 92 valence electrons. The van der Waals surface area contributed by atoms with Gasteiger partial charge in [0.15, 0.2) is 0 Å². The second-order valence-corrected chi connectivity index (χ2v) is 4.48. The molecule has 4 nitrogen and oxygen atoms in total. The highest BCUT2D eigenvalue weighted by atomic mass is 16.1. The van der Waals surface area contributed by atoms with E-state index >= 15 is 0 Å². The molecule has 1 aromatic rings. The van der Waals surface area contributed by atoms with Crippen molar-refractivity contribution < 1.29 is 0 Å². The molecule has 0 aliphatic rings. The topological polar surface area (TPSA) is 53.0 Å². The third-order valence-electron chi connectivity index (χ3n) is 2.73. The van der Waals surface area contributed by atoms with E-state index in [0.717, 1.165) is 31.5 Å². The molecule has 0 spiro atoms. The third kappa shape index (κ3) is 2.15. The minimum absolute atomic E-state index is 0.0353. The normalized spacial score (nSPS) is 11.3. The summed E-state index contributed by atoms with van der Waals surface area (Å²) in [6.45, 7) is 9.11. The lowest BCUT2D eigenvalue weighted by Gasteiger charge is -2.16. The molecule has 0 atom stereocenters. The van der Waals surface area contributed by atoms with E-state index in [9.17, 15) is 4.79 Å². The summed E-state index contributed by atoms with van der Waals surface area (Å²) in [5.41, 5.74) is 7.31. The van der Waals surface area contributed by atoms with Crippen LogP contribution >= 0.6 is 0 Å². The highest BCUT2D eigenvalue weighted by molar-refractivity contribution is 5.41. The fourth-order valence-corrected chi connectivity index (χ4v) is 2.09. The van der Waals surface area contributed by atoms with E-state index < -0.39 is 0 Å². The first-order chi connectivity index (χ1) is 7.54. The SMILES string of the molecule is CCCc1c(N)c(=O)n(C(C)C)n1CCC. The minimum atomic E-state index is -0.0353. The van der Waals surface area contributed by atoms with Crippen LogP contribution in [0.3, 0.4) is 0 Å². The maximum atomic E-state index is 12.0. The van der Waals surface area contributed by atoms with E-state index in [1.54, 1.807) is 4.68 Å². The number of anilines is 1. The lowest BCUT2D eigenvalue weighted by atomic mass is 10.2. The van der Waals surface area contributed by atoms with Crippen LogP contribution in [0.2, 0.25) is 0 Å². The van der Waals surface area contributed by atoms with Gasteiger partial charge < -0.3 is 5.73 Å². The van der Waals surface area contributed by atoms with Crippen LogP contribution in [0, 0.1) is 0 Å². The monoisotopic (exact) mass is 225 g/mol.